The summed E-state index contributed by atoms with van der Waals surface area (Å²) in [6, 6.07) is 22.9. The molecule has 0 bridgehead atoms. The summed E-state index contributed by atoms with van der Waals surface area (Å²) in [5, 5.41) is 23.0. The number of hydrogen-bond acceptors (Lipinski definition) is 4. The van der Waals surface area contributed by atoms with E-state index in [1.807, 2.05) is 58.1 Å². The molecule has 1 fully saturated rings. The van der Waals surface area contributed by atoms with Crippen LogP contribution in [0.1, 0.15) is 33.8 Å². The van der Waals surface area contributed by atoms with Gasteiger partial charge in [-0.05, 0) is 85.0 Å². The van der Waals surface area contributed by atoms with Crippen molar-refractivity contribution in [1.82, 2.24) is 14.9 Å². The number of carboxylic acid groups (broad SMARTS) is 1. The van der Waals surface area contributed by atoms with E-state index < -0.39 is 5.97 Å². The van der Waals surface area contributed by atoms with Crippen molar-refractivity contribution in [2.45, 2.75) is 12.1 Å². The number of nitrogens with one attached hydrogen (secondary N) is 1. The average molecular weight is 457 g/mol. The summed E-state index contributed by atoms with van der Waals surface area (Å²) >= 11 is 5.74. The maximum atomic E-state index is 11.3. The van der Waals surface area contributed by atoms with Crippen LogP contribution in [0.4, 0.5) is 5.69 Å². The van der Waals surface area contributed by atoms with Gasteiger partial charge >= 0.3 is 5.97 Å². The van der Waals surface area contributed by atoms with Gasteiger partial charge in [0, 0.05) is 29.5 Å². The number of aromatic hydroxyl groups is 1. The first-order chi connectivity index (χ1) is 16.0. The fourth-order valence-corrected chi connectivity index (χ4v) is 4.53. The molecule has 2 aromatic heterocycles. The van der Waals surface area contributed by atoms with Gasteiger partial charge in [-0.25, -0.2) is 4.79 Å². The van der Waals surface area contributed by atoms with Gasteiger partial charge in [0.05, 0.1) is 17.3 Å². The van der Waals surface area contributed by atoms with Gasteiger partial charge in [0.25, 0.3) is 0 Å². The molecule has 2 aromatic carbocycles. The Hall–Kier alpha value is -4.17. The van der Waals surface area contributed by atoms with Crippen molar-refractivity contribution < 1.29 is 15.0 Å². The molecular weight excluding hydrogens is 436 g/mol. The van der Waals surface area contributed by atoms with Gasteiger partial charge < -0.3 is 25.0 Å². The summed E-state index contributed by atoms with van der Waals surface area (Å²) in [5.74, 6) is -0.787. The minimum Gasteiger partial charge on any atom is -0.508 e. The summed E-state index contributed by atoms with van der Waals surface area (Å²) in [6.45, 7) is 0. The van der Waals surface area contributed by atoms with Crippen molar-refractivity contribution in [2.24, 2.45) is 0 Å². The van der Waals surface area contributed by atoms with Gasteiger partial charge in [0.1, 0.15) is 11.8 Å². The molecule has 1 aliphatic rings. The van der Waals surface area contributed by atoms with Crippen molar-refractivity contribution in [3.05, 3.63) is 108 Å². The van der Waals surface area contributed by atoms with Gasteiger partial charge in [-0.2, -0.15) is 0 Å². The largest absolute Gasteiger partial charge is 0.508 e. The lowest BCUT2D eigenvalue weighted by Crippen LogP contribution is -2.30. The van der Waals surface area contributed by atoms with Crippen LogP contribution in [0.5, 0.6) is 5.75 Å². The molecule has 0 saturated carbocycles. The van der Waals surface area contributed by atoms with Crippen molar-refractivity contribution in [3.8, 4) is 11.4 Å². The predicted octanol–water partition coefficient (Wildman–Crippen LogP) is 4.45. The van der Waals surface area contributed by atoms with Gasteiger partial charge in [-0.15, -0.1) is 0 Å². The van der Waals surface area contributed by atoms with E-state index in [4.69, 9.17) is 12.2 Å². The highest BCUT2D eigenvalue weighted by atomic mass is 32.1. The molecule has 164 valence electrons. The van der Waals surface area contributed by atoms with E-state index in [-0.39, 0.29) is 23.4 Å². The Labute approximate surface area is 195 Å². The molecule has 5 rings (SSSR count). The fourth-order valence-electron chi connectivity index (χ4n) is 4.18. The van der Waals surface area contributed by atoms with Crippen LogP contribution in [-0.4, -0.2) is 30.8 Å². The number of aromatic nitrogens is 2. The van der Waals surface area contributed by atoms with E-state index in [0.717, 1.165) is 22.8 Å². The van der Waals surface area contributed by atoms with Crippen LogP contribution in [0.3, 0.4) is 0 Å². The quantitative estimate of drug-likeness (QED) is 0.382. The molecule has 1 saturated heterocycles. The average Bonchev–Trinajstić information content (AvgIpc) is 3.44. The highest BCUT2D eigenvalue weighted by molar-refractivity contribution is 7.80. The second-order valence-electron chi connectivity index (χ2n) is 7.67. The van der Waals surface area contributed by atoms with Gasteiger partial charge in [-0.1, -0.05) is 6.07 Å². The molecule has 0 spiro atoms. The molecule has 33 heavy (non-hydrogen) atoms. The van der Waals surface area contributed by atoms with Crippen molar-refractivity contribution in [3.63, 3.8) is 0 Å². The molecule has 7 nitrogen and oxygen atoms in total. The standard InChI is InChI=1S/C25H20N4O3S/c30-19-12-10-18(11-13-19)29-23(22(27-25(29)33)20-4-1-2-14-26-20)21-5-3-15-28(21)17-8-6-16(7-9-17)24(31)32/h1-15,22-23,30H,(H,27,33)(H,31,32). The zero-order chi connectivity index (χ0) is 22.9. The van der Waals surface area contributed by atoms with Crippen molar-refractivity contribution >= 4 is 29.0 Å². The van der Waals surface area contributed by atoms with E-state index >= 15 is 0 Å². The first-order valence-corrected chi connectivity index (χ1v) is 10.7. The lowest BCUT2D eigenvalue weighted by atomic mass is 10.0. The number of anilines is 1. The van der Waals surface area contributed by atoms with Crippen LogP contribution in [0.2, 0.25) is 0 Å². The number of phenols is 1. The third-order valence-corrected chi connectivity index (χ3v) is 6.02. The summed E-state index contributed by atoms with van der Waals surface area (Å²) < 4.78 is 2.02. The molecule has 0 radical (unpaired) electrons. The highest BCUT2D eigenvalue weighted by Gasteiger charge is 2.42. The van der Waals surface area contributed by atoms with Crippen LogP contribution < -0.4 is 10.2 Å². The molecular formula is C25H20N4O3S. The number of hydrogen-bond donors (Lipinski definition) is 3. The van der Waals surface area contributed by atoms with Crippen LogP contribution >= 0.6 is 12.2 Å². The summed E-state index contributed by atoms with van der Waals surface area (Å²) in [7, 11) is 0. The zero-order valence-corrected chi connectivity index (χ0v) is 18.2. The molecule has 2 atom stereocenters. The number of thiocarbonyl (C=S) groups is 1. The second-order valence-corrected chi connectivity index (χ2v) is 8.05. The molecule has 1 aliphatic heterocycles. The molecule has 0 amide bonds. The molecule has 2 unspecified atom stereocenters. The van der Waals surface area contributed by atoms with Gasteiger partial charge in [-0.3, -0.25) is 4.98 Å². The van der Waals surface area contributed by atoms with E-state index in [1.165, 1.54) is 0 Å². The Morgan fingerprint density at radius 3 is 2.33 bits per heavy atom. The summed E-state index contributed by atoms with van der Waals surface area (Å²) in [6.07, 6.45) is 3.70. The molecule has 0 aliphatic carbocycles. The SMILES string of the molecule is O=C(O)c1ccc(-n2cccc2C2C(c3ccccn3)NC(=S)N2c2ccc(O)cc2)cc1. The number of benzene rings is 2. The third-order valence-electron chi connectivity index (χ3n) is 5.70. The number of aromatic carboxylic acids is 1. The lowest BCUT2D eigenvalue weighted by Gasteiger charge is -2.29. The topological polar surface area (TPSA) is 90.6 Å². The van der Waals surface area contributed by atoms with E-state index in [0.29, 0.717) is 5.11 Å². The first kappa shape index (κ1) is 20.7. The number of nitrogens with zero attached hydrogens (tertiary/aromatic N) is 3. The minimum atomic E-state index is -0.964. The number of pyridine rings is 1. The summed E-state index contributed by atoms with van der Waals surface area (Å²) in [5.41, 5.74) is 3.70. The minimum absolute atomic E-state index is 0.177. The highest BCUT2D eigenvalue weighted by Crippen LogP contribution is 2.42. The first-order valence-electron chi connectivity index (χ1n) is 10.3. The Kier molecular flexibility index (Phi) is 5.27. The van der Waals surface area contributed by atoms with Crippen LogP contribution in [0.15, 0.2) is 91.3 Å². The number of carboxylic acids is 1. The van der Waals surface area contributed by atoms with E-state index in [1.54, 1.807) is 42.6 Å². The normalized spacial score (nSPS) is 17.7. The molecule has 8 heteroatoms. The number of carbonyl (C=O) groups is 1. The third kappa shape index (κ3) is 3.81. The number of rotatable bonds is 5. The Morgan fingerprint density at radius 1 is 0.939 bits per heavy atom. The van der Waals surface area contributed by atoms with Crippen LogP contribution in [0.25, 0.3) is 5.69 Å². The Bertz CT molecular complexity index is 1300. The maximum absolute atomic E-state index is 11.3. The molecule has 4 aromatic rings. The monoisotopic (exact) mass is 456 g/mol. The van der Waals surface area contributed by atoms with Crippen molar-refractivity contribution in [1.29, 1.82) is 0 Å². The Balaban J connectivity index is 1.63. The second kappa shape index (κ2) is 8.40. The Morgan fingerprint density at radius 2 is 1.67 bits per heavy atom. The predicted molar refractivity (Wildman–Crippen MR) is 129 cm³/mol. The lowest BCUT2D eigenvalue weighted by molar-refractivity contribution is 0.0697. The fraction of sp³-hybridized carbons (Fsp3) is 0.0800. The maximum Gasteiger partial charge on any atom is 0.335 e. The van der Waals surface area contributed by atoms with Crippen LogP contribution in [-0.2, 0) is 0 Å². The summed E-state index contributed by atoms with van der Waals surface area (Å²) in [4.78, 5) is 17.9. The van der Waals surface area contributed by atoms with Gasteiger partial charge in [0.2, 0.25) is 0 Å². The molecule has 3 heterocycles. The smallest absolute Gasteiger partial charge is 0.335 e. The zero-order valence-electron chi connectivity index (χ0n) is 17.4. The van der Waals surface area contributed by atoms with Gasteiger partial charge in [0.15, 0.2) is 5.11 Å². The molecule has 3 N–H and O–H groups in total. The number of phenolic OH excluding ortho intramolecular Hbond substituents is 1. The van der Waals surface area contributed by atoms with E-state index in [2.05, 4.69) is 10.3 Å². The van der Waals surface area contributed by atoms with E-state index in [9.17, 15) is 15.0 Å². The van der Waals surface area contributed by atoms with Crippen LogP contribution in [0, 0.1) is 0 Å². The van der Waals surface area contributed by atoms with Crippen molar-refractivity contribution in [2.75, 3.05) is 4.90 Å².